The molecule has 1 fully saturated rings. The number of nitrogens with one attached hydrogen (secondary N) is 2. The third kappa shape index (κ3) is 2.05. The zero-order chi connectivity index (χ0) is 11.5. The molecule has 0 amide bonds. The fourth-order valence-electron chi connectivity index (χ4n) is 2.12. The van der Waals surface area contributed by atoms with Crippen LogP contribution < -0.4 is 10.6 Å². The zero-order valence-corrected chi connectivity index (χ0v) is 9.43. The highest BCUT2D eigenvalue weighted by molar-refractivity contribution is 5.60. The molecule has 1 saturated heterocycles. The van der Waals surface area contributed by atoms with Gasteiger partial charge in [0.1, 0.15) is 0 Å². The predicted octanol–water partition coefficient (Wildman–Crippen LogP) is 1.33. The minimum Gasteiger partial charge on any atom is -0.297 e. The van der Waals surface area contributed by atoms with Crippen molar-refractivity contribution in [3.05, 3.63) is 48.3 Å². The molecule has 0 unspecified atom stereocenters. The van der Waals surface area contributed by atoms with E-state index in [0.29, 0.717) is 0 Å². The van der Waals surface area contributed by atoms with Crippen molar-refractivity contribution in [2.45, 2.75) is 6.17 Å². The van der Waals surface area contributed by atoms with Gasteiger partial charge in [-0.2, -0.15) is 0 Å². The molecule has 0 spiro atoms. The molecule has 0 bridgehead atoms. The van der Waals surface area contributed by atoms with Gasteiger partial charge in [-0.05, 0) is 11.6 Å². The van der Waals surface area contributed by atoms with Gasteiger partial charge in [0.15, 0.2) is 5.82 Å². The topological polar surface area (TPSA) is 49.8 Å². The fraction of sp³-hybridized carbons (Fsp3) is 0.231. The maximum atomic E-state index is 4.31. The van der Waals surface area contributed by atoms with Crippen LogP contribution in [0.3, 0.4) is 0 Å². The summed E-state index contributed by atoms with van der Waals surface area (Å²) in [4.78, 5) is 8.63. The van der Waals surface area contributed by atoms with Gasteiger partial charge < -0.3 is 0 Å². The van der Waals surface area contributed by atoms with Crippen LogP contribution in [0.2, 0.25) is 0 Å². The Bertz CT molecular complexity index is 492. The van der Waals surface area contributed by atoms with Crippen molar-refractivity contribution < 1.29 is 0 Å². The van der Waals surface area contributed by atoms with Crippen LogP contribution >= 0.6 is 0 Å². The van der Waals surface area contributed by atoms with Crippen LogP contribution in [0.25, 0.3) is 11.4 Å². The van der Waals surface area contributed by atoms with E-state index in [1.165, 1.54) is 5.56 Å². The first-order valence-electron chi connectivity index (χ1n) is 5.78. The molecular formula is C13H14N4. The second-order valence-electron chi connectivity index (χ2n) is 4.00. The molecule has 4 nitrogen and oxygen atoms in total. The minimum atomic E-state index is 0.204. The first-order valence-corrected chi connectivity index (χ1v) is 5.78. The number of aromatic nitrogens is 2. The molecular weight excluding hydrogens is 212 g/mol. The van der Waals surface area contributed by atoms with Crippen molar-refractivity contribution in [3.63, 3.8) is 0 Å². The first-order chi connectivity index (χ1) is 8.45. The molecule has 3 rings (SSSR count). The highest BCUT2D eigenvalue weighted by Gasteiger charge is 2.19. The summed E-state index contributed by atoms with van der Waals surface area (Å²) in [5, 5.41) is 6.83. The van der Waals surface area contributed by atoms with Crippen LogP contribution in [0.15, 0.2) is 42.7 Å². The van der Waals surface area contributed by atoms with Crippen molar-refractivity contribution in [2.24, 2.45) is 0 Å². The molecule has 2 aromatic rings. The number of benzene rings is 1. The summed E-state index contributed by atoms with van der Waals surface area (Å²) in [6, 6.07) is 10.1. The predicted molar refractivity (Wildman–Crippen MR) is 66.2 cm³/mol. The molecule has 2 N–H and O–H groups in total. The summed E-state index contributed by atoms with van der Waals surface area (Å²) in [5.74, 6) is 0.776. The summed E-state index contributed by atoms with van der Waals surface area (Å²) >= 11 is 0. The van der Waals surface area contributed by atoms with Crippen molar-refractivity contribution >= 4 is 0 Å². The van der Waals surface area contributed by atoms with E-state index >= 15 is 0 Å². The van der Waals surface area contributed by atoms with Crippen LogP contribution in [-0.4, -0.2) is 23.1 Å². The molecule has 17 heavy (non-hydrogen) atoms. The molecule has 0 atom stereocenters. The molecule has 1 aromatic heterocycles. The monoisotopic (exact) mass is 226 g/mol. The molecule has 0 aliphatic carbocycles. The molecule has 1 aliphatic heterocycles. The lowest BCUT2D eigenvalue weighted by Gasteiger charge is -2.15. The lowest BCUT2D eigenvalue weighted by atomic mass is 10.0. The SMILES string of the molecule is c1cnc(-c2ccccc2C2NCCN2)nc1. The quantitative estimate of drug-likeness (QED) is 0.811. The maximum absolute atomic E-state index is 4.31. The average Bonchev–Trinajstić information content (AvgIpc) is 2.94. The van der Waals surface area contributed by atoms with E-state index in [-0.39, 0.29) is 6.17 Å². The van der Waals surface area contributed by atoms with Gasteiger partial charge in [-0.15, -0.1) is 0 Å². The summed E-state index contributed by atoms with van der Waals surface area (Å²) in [6.45, 7) is 1.99. The normalized spacial score (nSPS) is 16.2. The van der Waals surface area contributed by atoms with E-state index in [2.05, 4.69) is 32.7 Å². The molecule has 86 valence electrons. The third-order valence-electron chi connectivity index (χ3n) is 2.90. The highest BCUT2D eigenvalue weighted by atomic mass is 15.2. The van der Waals surface area contributed by atoms with Gasteiger partial charge in [0.05, 0.1) is 6.17 Å². The van der Waals surface area contributed by atoms with Gasteiger partial charge in [-0.25, -0.2) is 9.97 Å². The van der Waals surface area contributed by atoms with Crippen molar-refractivity contribution in [3.8, 4) is 11.4 Å². The molecule has 1 aromatic carbocycles. The maximum Gasteiger partial charge on any atom is 0.159 e. The van der Waals surface area contributed by atoms with Gasteiger partial charge in [-0.3, -0.25) is 10.6 Å². The van der Waals surface area contributed by atoms with E-state index in [4.69, 9.17) is 0 Å². The molecule has 0 saturated carbocycles. The summed E-state index contributed by atoms with van der Waals surface area (Å²) in [5.41, 5.74) is 2.29. The van der Waals surface area contributed by atoms with Crippen molar-refractivity contribution in [1.29, 1.82) is 0 Å². The summed E-state index contributed by atoms with van der Waals surface area (Å²) < 4.78 is 0. The fourth-order valence-corrected chi connectivity index (χ4v) is 2.12. The van der Waals surface area contributed by atoms with E-state index < -0.39 is 0 Å². The Balaban J connectivity index is 2.04. The lowest BCUT2D eigenvalue weighted by Crippen LogP contribution is -2.22. The smallest absolute Gasteiger partial charge is 0.159 e. The molecule has 0 radical (unpaired) electrons. The standard InChI is InChI=1S/C13H14N4/c1-2-5-11(13-16-8-9-17-13)10(4-1)12-14-6-3-7-15-12/h1-7,13,16-17H,8-9H2. The number of hydrogen-bond acceptors (Lipinski definition) is 4. The Kier molecular flexibility index (Phi) is 2.81. The Morgan fingerprint density at radius 3 is 2.41 bits per heavy atom. The summed E-state index contributed by atoms with van der Waals surface area (Å²) in [7, 11) is 0. The zero-order valence-electron chi connectivity index (χ0n) is 9.43. The van der Waals surface area contributed by atoms with Crippen LogP contribution in [0.4, 0.5) is 0 Å². The Hall–Kier alpha value is -1.78. The number of hydrogen-bond donors (Lipinski definition) is 2. The van der Waals surface area contributed by atoms with Gasteiger partial charge in [0.25, 0.3) is 0 Å². The Morgan fingerprint density at radius 1 is 0.941 bits per heavy atom. The minimum absolute atomic E-state index is 0.204. The average molecular weight is 226 g/mol. The van der Waals surface area contributed by atoms with Crippen molar-refractivity contribution in [1.82, 2.24) is 20.6 Å². The van der Waals surface area contributed by atoms with E-state index in [9.17, 15) is 0 Å². The number of nitrogens with zero attached hydrogens (tertiary/aromatic N) is 2. The van der Waals surface area contributed by atoms with E-state index in [0.717, 1.165) is 24.5 Å². The van der Waals surface area contributed by atoms with Gasteiger partial charge >= 0.3 is 0 Å². The first kappa shape index (κ1) is 10.4. The van der Waals surface area contributed by atoms with Crippen molar-refractivity contribution in [2.75, 3.05) is 13.1 Å². The lowest BCUT2D eigenvalue weighted by molar-refractivity contribution is 0.589. The van der Waals surface area contributed by atoms with Gasteiger partial charge in [0.2, 0.25) is 0 Å². The van der Waals surface area contributed by atoms with Gasteiger partial charge in [0, 0.05) is 31.0 Å². The van der Waals surface area contributed by atoms with Crippen LogP contribution in [-0.2, 0) is 0 Å². The molecule has 4 heteroatoms. The Labute approximate surface area is 100 Å². The molecule has 1 aliphatic rings. The van der Waals surface area contributed by atoms with E-state index in [1.54, 1.807) is 12.4 Å². The van der Waals surface area contributed by atoms with Crippen LogP contribution in [0.5, 0.6) is 0 Å². The largest absolute Gasteiger partial charge is 0.297 e. The van der Waals surface area contributed by atoms with E-state index in [1.807, 2.05) is 18.2 Å². The van der Waals surface area contributed by atoms with Gasteiger partial charge in [-0.1, -0.05) is 24.3 Å². The summed E-state index contributed by atoms with van der Waals surface area (Å²) in [6.07, 6.45) is 3.75. The second-order valence-corrected chi connectivity index (χ2v) is 4.00. The molecule has 2 heterocycles. The third-order valence-corrected chi connectivity index (χ3v) is 2.90. The highest BCUT2D eigenvalue weighted by Crippen LogP contribution is 2.24. The Morgan fingerprint density at radius 2 is 1.65 bits per heavy atom. The second kappa shape index (κ2) is 4.61. The van der Waals surface area contributed by atoms with Crippen LogP contribution in [0, 0.1) is 0 Å². The van der Waals surface area contributed by atoms with Crippen LogP contribution in [0.1, 0.15) is 11.7 Å². The number of rotatable bonds is 2.